The van der Waals surface area contributed by atoms with Crippen molar-refractivity contribution in [2.45, 2.75) is 0 Å². The fraction of sp³-hybridized carbons (Fsp3) is 0. The summed E-state index contributed by atoms with van der Waals surface area (Å²) in [5.41, 5.74) is 10.3. The van der Waals surface area contributed by atoms with E-state index in [0.29, 0.717) is 16.8 Å². The Morgan fingerprint density at radius 2 is 1.71 bits per heavy atom. The van der Waals surface area contributed by atoms with Gasteiger partial charge in [-0.2, -0.15) is 0 Å². The zero-order valence-corrected chi connectivity index (χ0v) is 14.9. The Hall–Kier alpha value is -3.99. The molecule has 0 aliphatic heterocycles. The molecule has 0 saturated carbocycles. The molecule has 0 atom stereocenters. The minimum atomic E-state index is -0.160. The van der Waals surface area contributed by atoms with E-state index in [0.717, 1.165) is 27.5 Å². The fourth-order valence-corrected chi connectivity index (χ4v) is 3.53. The number of aromatic nitrogens is 3. The van der Waals surface area contributed by atoms with Gasteiger partial charge in [-0.15, -0.1) is 0 Å². The van der Waals surface area contributed by atoms with Crippen LogP contribution in [0.25, 0.3) is 33.2 Å². The molecule has 0 aliphatic carbocycles. The van der Waals surface area contributed by atoms with Crippen LogP contribution in [0.5, 0.6) is 0 Å². The minimum absolute atomic E-state index is 0.160. The number of hydrogen-bond acceptors (Lipinski definition) is 4. The summed E-state index contributed by atoms with van der Waals surface area (Å²) in [6.07, 6.45) is 1.66. The van der Waals surface area contributed by atoms with E-state index in [9.17, 15) is 4.79 Å². The number of rotatable bonds is 3. The Balaban J connectivity index is 1.77. The second-order valence-corrected chi connectivity index (χ2v) is 6.59. The second kappa shape index (κ2) is 6.32. The van der Waals surface area contributed by atoms with Gasteiger partial charge in [-0.05, 0) is 29.8 Å². The zero-order chi connectivity index (χ0) is 19.1. The molecule has 3 heterocycles. The SMILES string of the molecule is Nc1nc2ncccc2cc1C(=O)c1c(-c2ccccc2)[nH]c2ccccc12. The summed E-state index contributed by atoms with van der Waals surface area (Å²) in [4.78, 5) is 25.5. The molecule has 0 fully saturated rings. The van der Waals surface area contributed by atoms with Crippen LogP contribution >= 0.6 is 0 Å². The molecule has 0 amide bonds. The molecule has 2 aromatic carbocycles. The third-order valence-electron chi connectivity index (χ3n) is 4.86. The Labute approximate surface area is 160 Å². The molecule has 5 rings (SSSR count). The molecule has 28 heavy (non-hydrogen) atoms. The molecule has 0 unspecified atom stereocenters. The first-order valence-electron chi connectivity index (χ1n) is 8.94. The van der Waals surface area contributed by atoms with Crippen molar-refractivity contribution in [2.75, 3.05) is 5.73 Å². The number of hydrogen-bond donors (Lipinski definition) is 2. The van der Waals surface area contributed by atoms with Gasteiger partial charge in [-0.1, -0.05) is 48.5 Å². The number of carbonyl (C=O) groups excluding carboxylic acids is 1. The van der Waals surface area contributed by atoms with Crippen molar-refractivity contribution in [2.24, 2.45) is 0 Å². The van der Waals surface area contributed by atoms with Crippen molar-refractivity contribution in [3.05, 3.63) is 90.1 Å². The molecule has 0 aliphatic rings. The smallest absolute Gasteiger partial charge is 0.199 e. The van der Waals surface area contributed by atoms with Crippen molar-refractivity contribution in [3.8, 4) is 11.3 Å². The van der Waals surface area contributed by atoms with E-state index in [1.807, 2.05) is 66.7 Å². The summed E-state index contributed by atoms with van der Waals surface area (Å²) < 4.78 is 0. The number of nitrogen functional groups attached to an aromatic ring is 1. The highest BCUT2D eigenvalue weighted by atomic mass is 16.1. The average Bonchev–Trinajstić information content (AvgIpc) is 3.13. The van der Waals surface area contributed by atoms with Gasteiger partial charge in [-0.3, -0.25) is 4.79 Å². The number of nitrogens with one attached hydrogen (secondary N) is 1. The summed E-state index contributed by atoms with van der Waals surface area (Å²) in [5.74, 6) is 0.0209. The highest BCUT2D eigenvalue weighted by Gasteiger charge is 2.23. The third kappa shape index (κ3) is 2.53. The quantitative estimate of drug-likeness (QED) is 0.459. The number of anilines is 1. The predicted octanol–water partition coefficient (Wildman–Crippen LogP) is 4.59. The van der Waals surface area contributed by atoms with Crippen LogP contribution < -0.4 is 5.73 Å². The first-order valence-corrected chi connectivity index (χ1v) is 8.94. The molecule has 0 bridgehead atoms. The van der Waals surface area contributed by atoms with Gasteiger partial charge in [-0.25, -0.2) is 9.97 Å². The maximum absolute atomic E-state index is 13.6. The summed E-state index contributed by atoms with van der Waals surface area (Å²) >= 11 is 0. The lowest BCUT2D eigenvalue weighted by Crippen LogP contribution is -2.08. The van der Waals surface area contributed by atoms with E-state index in [1.54, 1.807) is 12.3 Å². The largest absolute Gasteiger partial charge is 0.383 e. The molecule has 134 valence electrons. The molecule has 5 aromatic rings. The molecule has 3 aromatic heterocycles. The van der Waals surface area contributed by atoms with E-state index < -0.39 is 0 Å². The van der Waals surface area contributed by atoms with Crippen molar-refractivity contribution in [1.29, 1.82) is 0 Å². The number of benzene rings is 2. The van der Waals surface area contributed by atoms with Gasteiger partial charge in [0.25, 0.3) is 0 Å². The number of nitrogens with two attached hydrogens (primary N) is 1. The molecule has 5 nitrogen and oxygen atoms in total. The number of aromatic amines is 1. The van der Waals surface area contributed by atoms with Gasteiger partial charge in [0.05, 0.1) is 16.8 Å². The third-order valence-corrected chi connectivity index (χ3v) is 4.86. The first-order chi connectivity index (χ1) is 13.7. The molecule has 5 heteroatoms. The Bertz CT molecular complexity index is 1340. The van der Waals surface area contributed by atoms with Gasteiger partial charge in [0, 0.05) is 22.5 Å². The van der Waals surface area contributed by atoms with Crippen molar-refractivity contribution in [3.63, 3.8) is 0 Å². The number of fused-ring (bicyclic) bond motifs is 2. The van der Waals surface area contributed by atoms with Crippen LogP contribution in [-0.2, 0) is 0 Å². The van der Waals surface area contributed by atoms with Crippen LogP contribution in [0.2, 0.25) is 0 Å². The van der Waals surface area contributed by atoms with Crippen LogP contribution in [0.3, 0.4) is 0 Å². The van der Waals surface area contributed by atoms with E-state index in [2.05, 4.69) is 15.0 Å². The maximum Gasteiger partial charge on any atom is 0.199 e. The van der Waals surface area contributed by atoms with Gasteiger partial charge in [0.1, 0.15) is 5.82 Å². The molecule has 0 spiro atoms. The number of pyridine rings is 2. The summed E-state index contributed by atoms with van der Waals surface area (Å²) in [5, 5.41) is 1.64. The minimum Gasteiger partial charge on any atom is -0.383 e. The fourth-order valence-electron chi connectivity index (χ4n) is 3.53. The van der Waals surface area contributed by atoms with Crippen LogP contribution in [0.4, 0.5) is 5.82 Å². The first kappa shape index (κ1) is 16.2. The van der Waals surface area contributed by atoms with Crippen LogP contribution in [0.1, 0.15) is 15.9 Å². The Morgan fingerprint density at radius 3 is 2.57 bits per heavy atom. The van der Waals surface area contributed by atoms with E-state index in [4.69, 9.17) is 5.73 Å². The van der Waals surface area contributed by atoms with Crippen LogP contribution in [0, 0.1) is 0 Å². The van der Waals surface area contributed by atoms with Gasteiger partial charge >= 0.3 is 0 Å². The normalized spacial score (nSPS) is 11.1. The highest BCUT2D eigenvalue weighted by molar-refractivity contribution is 6.22. The second-order valence-electron chi connectivity index (χ2n) is 6.59. The number of H-pyrrole nitrogens is 1. The topological polar surface area (TPSA) is 84.7 Å². The maximum atomic E-state index is 13.6. The lowest BCUT2D eigenvalue weighted by atomic mass is 9.97. The van der Waals surface area contributed by atoms with Crippen LogP contribution in [0.15, 0.2) is 79.0 Å². The van der Waals surface area contributed by atoms with Crippen molar-refractivity contribution in [1.82, 2.24) is 15.0 Å². The monoisotopic (exact) mass is 364 g/mol. The molecular weight excluding hydrogens is 348 g/mol. The van der Waals surface area contributed by atoms with Crippen molar-refractivity contribution < 1.29 is 4.79 Å². The summed E-state index contributed by atoms with van der Waals surface area (Å²) in [7, 11) is 0. The number of ketones is 1. The number of para-hydroxylation sites is 1. The van der Waals surface area contributed by atoms with E-state index in [-0.39, 0.29) is 11.6 Å². The molecule has 3 N–H and O–H groups in total. The van der Waals surface area contributed by atoms with E-state index in [1.165, 1.54) is 0 Å². The Morgan fingerprint density at radius 1 is 0.929 bits per heavy atom. The summed E-state index contributed by atoms with van der Waals surface area (Å²) in [6, 6.07) is 23.0. The number of nitrogens with zero attached hydrogens (tertiary/aromatic N) is 2. The van der Waals surface area contributed by atoms with Crippen LogP contribution in [-0.4, -0.2) is 20.7 Å². The standard InChI is InChI=1S/C23H16N4O/c24-22-17(13-15-9-6-12-25-23(15)27-22)21(28)19-16-10-4-5-11-18(16)26-20(19)14-7-2-1-3-8-14/h1-13,26H,(H2,24,25,27). The zero-order valence-electron chi connectivity index (χ0n) is 14.9. The predicted molar refractivity (Wildman–Crippen MR) is 111 cm³/mol. The number of carbonyl (C=O) groups is 1. The lowest BCUT2D eigenvalue weighted by Gasteiger charge is -2.08. The molecule has 0 saturated heterocycles. The van der Waals surface area contributed by atoms with Gasteiger partial charge in [0.2, 0.25) is 0 Å². The van der Waals surface area contributed by atoms with E-state index >= 15 is 0 Å². The van der Waals surface area contributed by atoms with Gasteiger partial charge < -0.3 is 10.7 Å². The lowest BCUT2D eigenvalue weighted by molar-refractivity contribution is 0.104. The highest BCUT2D eigenvalue weighted by Crippen LogP contribution is 2.33. The Kier molecular flexibility index (Phi) is 3.66. The molecular formula is C23H16N4O. The average molecular weight is 364 g/mol. The van der Waals surface area contributed by atoms with Gasteiger partial charge in [0.15, 0.2) is 11.4 Å². The molecule has 0 radical (unpaired) electrons. The van der Waals surface area contributed by atoms with Crippen molar-refractivity contribution >= 4 is 33.5 Å². The summed E-state index contributed by atoms with van der Waals surface area (Å²) in [6.45, 7) is 0.